The average molecular weight is 467 g/mol. The molecule has 1 heterocycles. The monoisotopic (exact) mass is 467 g/mol. The molecule has 0 aliphatic carbocycles. The molecule has 0 aliphatic rings. The molecule has 1 aromatic heterocycles. The van der Waals surface area contributed by atoms with Crippen molar-refractivity contribution in [3.05, 3.63) is 53.9 Å². The van der Waals surface area contributed by atoms with Gasteiger partial charge in [0.2, 0.25) is 0 Å². The van der Waals surface area contributed by atoms with Crippen LogP contribution in [0.2, 0.25) is 0 Å². The van der Waals surface area contributed by atoms with E-state index in [1.807, 2.05) is 19.2 Å². The fraction of sp³-hybridized carbons (Fsp3) is 0.375. The summed E-state index contributed by atoms with van der Waals surface area (Å²) in [6.45, 7) is 4.27. The molecule has 0 saturated heterocycles. The van der Waals surface area contributed by atoms with Gasteiger partial charge in [-0.2, -0.15) is 18.3 Å². The van der Waals surface area contributed by atoms with E-state index in [9.17, 15) is 13.2 Å². The zero-order valence-corrected chi connectivity index (χ0v) is 16.1. The van der Waals surface area contributed by atoms with E-state index in [2.05, 4.69) is 20.7 Å². The Labute approximate surface area is 161 Å². The molecule has 0 spiro atoms. The number of nitrogens with zero attached hydrogens (tertiary/aromatic N) is 3. The van der Waals surface area contributed by atoms with Crippen LogP contribution in [-0.4, -0.2) is 28.8 Å². The molecule has 1 aromatic carbocycles. The number of benzene rings is 1. The predicted octanol–water partition coefficient (Wildman–Crippen LogP) is 3.28. The maximum Gasteiger partial charge on any atom is 0.416 e. The Bertz CT molecular complexity index is 639. The molecule has 0 fully saturated rings. The molecule has 0 aliphatic heterocycles. The topological polar surface area (TPSA) is 54.2 Å². The smallest absolute Gasteiger partial charge is 0.357 e. The molecule has 25 heavy (non-hydrogen) atoms. The van der Waals surface area contributed by atoms with Crippen molar-refractivity contribution in [1.82, 2.24) is 20.4 Å². The molecular weight excluding hydrogens is 446 g/mol. The zero-order chi connectivity index (χ0) is 17.4. The Kier molecular flexibility index (Phi) is 8.73. The number of aliphatic imine (C=N–C) groups is 1. The van der Waals surface area contributed by atoms with E-state index in [-0.39, 0.29) is 24.0 Å². The van der Waals surface area contributed by atoms with Crippen LogP contribution in [0.3, 0.4) is 0 Å². The lowest BCUT2D eigenvalue weighted by atomic mass is 10.1. The molecule has 9 heteroatoms. The van der Waals surface area contributed by atoms with Crippen molar-refractivity contribution in [2.24, 2.45) is 4.99 Å². The van der Waals surface area contributed by atoms with E-state index < -0.39 is 11.7 Å². The van der Waals surface area contributed by atoms with Crippen LogP contribution in [0.5, 0.6) is 0 Å². The Morgan fingerprint density at radius 3 is 2.48 bits per heavy atom. The zero-order valence-electron chi connectivity index (χ0n) is 13.8. The summed E-state index contributed by atoms with van der Waals surface area (Å²) in [6, 6.07) is 6.88. The molecule has 2 N–H and O–H groups in total. The van der Waals surface area contributed by atoms with Crippen LogP contribution >= 0.6 is 24.0 Å². The van der Waals surface area contributed by atoms with Gasteiger partial charge in [0.25, 0.3) is 0 Å². The summed E-state index contributed by atoms with van der Waals surface area (Å²) in [5.41, 5.74) is 0.0618. The first-order valence-corrected chi connectivity index (χ1v) is 7.65. The Morgan fingerprint density at radius 1 is 1.20 bits per heavy atom. The molecule has 2 rings (SSSR count). The minimum absolute atomic E-state index is 0. The number of aromatic nitrogens is 2. The van der Waals surface area contributed by atoms with E-state index in [1.165, 1.54) is 12.1 Å². The van der Waals surface area contributed by atoms with Crippen molar-refractivity contribution in [3.8, 4) is 0 Å². The molecule has 0 amide bonds. The summed E-state index contributed by atoms with van der Waals surface area (Å²) in [6.07, 6.45) is -0.734. The van der Waals surface area contributed by atoms with Crippen molar-refractivity contribution in [2.45, 2.75) is 26.2 Å². The summed E-state index contributed by atoms with van der Waals surface area (Å²) in [5.74, 6) is 0.615. The van der Waals surface area contributed by atoms with Crippen LogP contribution in [0.25, 0.3) is 0 Å². The van der Waals surface area contributed by atoms with Gasteiger partial charge < -0.3 is 10.6 Å². The highest BCUT2D eigenvalue weighted by atomic mass is 127. The van der Waals surface area contributed by atoms with Gasteiger partial charge in [-0.1, -0.05) is 12.1 Å². The SMILES string of the molecule is CCNC(=NCc1ccc(C(F)(F)F)cc1)NCCn1cccn1.I. The van der Waals surface area contributed by atoms with Crippen molar-refractivity contribution >= 4 is 29.9 Å². The summed E-state index contributed by atoms with van der Waals surface area (Å²) in [7, 11) is 0. The predicted molar refractivity (Wildman–Crippen MR) is 102 cm³/mol. The van der Waals surface area contributed by atoms with E-state index >= 15 is 0 Å². The van der Waals surface area contributed by atoms with Gasteiger partial charge in [-0.15, -0.1) is 24.0 Å². The van der Waals surface area contributed by atoms with Crippen LogP contribution in [0.15, 0.2) is 47.7 Å². The van der Waals surface area contributed by atoms with Gasteiger partial charge in [0.05, 0.1) is 18.7 Å². The van der Waals surface area contributed by atoms with Gasteiger partial charge in [-0.25, -0.2) is 4.99 Å². The normalized spacial score (nSPS) is 11.8. The van der Waals surface area contributed by atoms with Gasteiger partial charge in [0.15, 0.2) is 5.96 Å². The third-order valence-electron chi connectivity index (χ3n) is 3.24. The van der Waals surface area contributed by atoms with Gasteiger partial charge >= 0.3 is 6.18 Å². The second-order valence-electron chi connectivity index (χ2n) is 5.09. The van der Waals surface area contributed by atoms with Crippen LogP contribution in [0.1, 0.15) is 18.1 Å². The number of guanidine groups is 1. The number of rotatable bonds is 6. The van der Waals surface area contributed by atoms with Gasteiger partial charge in [0, 0.05) is 25.5 Å². The fourth-order valence-corrected chi connectivity index (χ4v) is 2.03. The Balaban J connectivity index is 0.00000312. The third-order valence-corrected chi connectivity index (χ3v) is 3.24. The lowest BCUT2D eigenvalue weighted by molar-refractivity contribution is -0.137. The number of hydrogen-bond donors (Lipinski definition) is 2. The highest BCUT2D eigenvalue weighted by Crippen LogP contribution is 2.29. The van der Waals surface area contributed by atoms with Gasteiger partial charge in [0.1, 0.15) is 0 Å². The standard InChI is InChI=1S/C16H20F3N5.HI/c1-2-20-15(21-9-11-24-10-3-8-23-24)22-12-13-4-6-14(7-5-13)16(17,18)19;/h3-8,10H,2,9,11-12H2,1H3,(H2,20,21,22);1H. The quantitative estimate of drug-likeness (QED) is 0.390. The number of hydrogen-bond acceptors (Lipinski definition) is 2. The molecule has 138 valence electrons. The molecule has 5 nitrogen and oxygen atoms in total. The molecule has 0 atom stereocenters. The van der Waals surface area contributed by atoms with Crippen molar-refractivity contribution in [1.29, 1.82) is 0 Å². The maximum absolute atomic E-state index is 12.5. The van der Waals surface area contributed by atoms with Crippen LogP contribution in [-0.2, 0) is 19.3 Å². The molecule has 0 saturated carbocycles. The van der Waals surface area contributed by atoms with E-state index in [0.717, 1.165) is 12.1 Å². The van der Waals surface area contributed by atoms with Crippen LogP contribution in [0, 0.1) is 0 Å². The number of halogens is 4. The average Bonchev–Trinajstić information content (AvgIpc) is 3.05. The van der Waals surface area contributed by atoms with E-state index in [0.29, 0.717) is 37.7 Å². The second-order valence-corrected chi connectivity index (χ2v) is 5.09. The fourth-order valence-electron chi connectivity index (χ4n) is 2.03. The lowest BCUT2D eigenvalue weighted by Gasteiger charge is -2.11. The highest BCUT2D eigenvalue weighted by Gasteiger charge is 2.29. The van der Waals surface area contributed by atoms with Crippen molar-refractivity contribution in [3.63, 3.8) is 0 Å². The first kappa shape index (κ1) is 21.3. The molecule has 0 unspecified atom stereocenters. The summed E-state index contributed by atoms with van der Waals surface area (Å²) >= 11 is 0. The first-order chi connectivity index (χ1) is 11.5. The highest BCUT2D eigenvalue weighted by molar-refractivity contribution is 14.0. The summed E-state index contributed by atoms with van der Waals surface area (Å²) in [5, 5.41) is 10.4. The maximum atomic E-state index is 12.5. The largest absolute Gasteiger partial charge is 0.416 e. The molecule has 2 aromatic rings. The van der Waals surface area contributed by atoms with Crippen LogP contribution < -0.4 is 10.6 Å². The van der Waals surface area contributed by atoms with E-state index in [4.69, 9.17) is 0 Å². The Morgan fingerprint density at radius 2 is 1.92 bits per heavy atom. The first-order valence-electron chi connectivity index (χ1n) is 7.65. The lowest BCUT2D eigenvalue weighted by Crippen LogP contribution is -2.38. The van der Waals surface area contributed by atoms with Crippen molar-refractivity contribution < 1.29 is 13.2 Å². The molecular formula is C16H21F3IN5. The molecule has 0 radical (unpaired) electrons. The number of nitrogens with one attached hydrogen (secondary N) is 2. The second kappa shape index (κ2) is 10.3. The minimum atomic E-state index is -4.31. The Hall–Kier alpha value is -1.78. The van der Waals surface area contributed by atoms with E-state index in [1.54, 1.807) is 10.9 Å². The summed E-state index contributed by atoms with van der Waals surface area (Å²) < 4.78 is 39.4. The third kappa shape index (κ3) is 7.32. The van der Waals surface area contributed by atoms with Gasteiger partial charge in [-0.3, -0.25) is 4.68 Å². The minimum Gasteiger partial charge on any atom is -0.357 e. The van der Waals surface area contributed by atoms with Crippen LogP contribution in [0.4, 0.5) is 13.2 Å². The summed E-state index contributed by atoms with van der Waals surface area (Å²) in [4.78, 5) is 4.38. The van der Waals surface area contributed by atoms with Crippen molar-refractivity contribution in [2.75, 3.05) is 13.1 Å². The molecule has 0 bridgehead atoms. The van der Waals surface area contributed by atoms with Gasteiger partial charge in [-0.05, 0) is 30.7 Å². The number of alkyl halides is 3.